The first-order valence-electron chi connectivity index (χ1n) is 27.2. The van der Waals surface area contributed by atoms with E-state index in [1.807, 2.05) is 26.1 Å². The molecular formula is C56H80N2O12S2. The number of nitrogens with zero attached hydrogens (tertiary/aromatic N) is 1. The van der Waals surface area contributed by atoms with Gasteiger partial charge in [0.2, 0.25) is 5.91 Å². The number of ether oxygens (including phenoxy) is 1. The molecule has 1 aromatic rings. The predicted molar refractivity (Wildman–Crippen MR) is 274 cm³/mol. The van der Waals surface area contributed by atoms with E-state index in [0.29, 0.717) is 87.3 Å². The molecule has 72 heavy (non-hydrogen) atoms. The first-order chi connectivity index (χ1) is 34.1. The van der Waals surface area contributed by atoms with Crippen LogP contribution in [-0.2, 0) is 20.7 Å². The van der Waals surface area contributed by atoms with Crippen molar-refractivity contribution in [2.45, 2.75) is 158 Å². The van der Waals surface area contributed by atoms with Crippen molar-refractivity contribution in [3.63, 3.8) is 0 Å². The van der Waals surface area contributed by atoms with Crippen molar-refractivity contribution in [3.05, 3.63) is 47.6 Å². The maximum atomic E-state index is 16.1. The van der Waals surface area contributed by atoms with E-state index in [9.17, 15) is 46.0 Å². The Bertz CT molecular complexity index is 2410. The zero-order valence-corrected chi connectivity index (χ0v) is 44.3. The minimum absolute atomic E-state index is 0.0367. The Hall–Kier alpha value is -2.06. The summed E-state index contributed by atoms with van der Waals surface area (Å²) in [4.78, 5) is 33.6. The largest absolute Gasteiger partial charge is 0.508 e. The molecule has 20 unspecified atom stereocenters. The number of carbonyl (C=O) groups excluding carboxylic acids is 2. The number of anilines is 1. The molecule has 5 heterocycles. The van der Waals surface area contributed by atoms with Gasteiger partial charge in [0.25, 0.3) is 0 Å². The summed E-state index contributed by atoms with van der Waals surface area (Å²) in [5, 5.41) is 115. The lowest BCUT2D eigenvalue weighted by molar-refractivity contribution is -0.235. The number of fused-ring (bicyclic) bond motifs is 1. The van der Waals surface area contributed by atoms with Crippen molar-refractivity contribution < 1.29 is 60.3 Å². The number of aryl methyl sites for hydroxylation is 1. The zero-order valence-electron chi connectivity index (χ0n) is 42.7. The fraction of sp³-hybridized carbons (Fsp3) is 0.786. The van der Waals surface area contributed by atoms with E-state index >= 15 is 9.59 Å². The third-order valence-electron chi connectivity index (χ3n) is 22.7. The summed E-state index contributed by atoms with van der Waals surface area (Å²) in [6.07, 6.45) is 7.09. The SMILES string of the molecule is CNCC1CCC2(CN3C(=O)C24C(CO)CCCC4CSSC(O)C24CC(O)C(O)(CO)CC2(C)C2CC5C=CCC(O)(C6OC6C(C)C(C)C)C6CCC(O)(C2=CC4=O)C56CCc2cc(O)cc3c2)C1O. The Morgan fingerprint density at radius 2 is 1.76 bits per heavy atom. The summed E-state index contributed by atoms with van der Waals surface area (Å²) in [5.41, 5.74) is -11.1. The second-order valence-corrected chi connectivity index (χ2v) is 28.0. The Morgan fingerprint density at radius 3 is 2.49 bits per heavy atom. The van der Waals surface area contributed by atoms with Gasteiger partial charge in [-0.15, -0.1) is 0 Å². The van der Waals surface area contributed by atoms with E-state index < -0.39 is 104 Å². The van der Waals surface area contributed by atoms with Gasteiger partial charge in [-0.3, -0.25) is 9.59 Å². The fourth-order valence-electron chi connectivity index (χ4n) is 18.9. The third kappa shape index (κ3) is 6.65. The van der Waals surface area contributed by atoms with Crippen LogP contribution in [0.5, 0.6) is 5.75 Å². The molecule has 16 heteroatoms. The van der Waals surface area contributed by atoms with E-state index in [1.165, 1.54) is 10.8 Å². The highest BCUT2D eigenvalue weighted by Crippen LogP contribution is 2.77. The van der Waals surface area contributed by atoms with Crippen LogP contribution in [0.3, 0.4) is 0 Å². The van der Waals surface area contributed by atoms with Crippen LogP contribution in [-0.4, -0.2) is 143 Å². The molecule has 4 spiro atoms. The third-order valence-corrected chi connectivity index (χ3v) is 25.3. The number of aliphatic hydroxyl groups is 8. The highest BCUT2D eigenvalue weighted by Gasteiger charge is 2.79. The average molecular weight is 1040 g/mol. The highest BCUT2D eigenvalue weighted by atomic mass is 33.1. The Balaban J connectivity index is 1.12. The van der Waals surface area contributed by atoms with Crippen molar-refractivity contribution in [2.75, 3.05) is 44.0 Å². The summed E-state index contributed by atoms with van der Waals surface area (Å²) < 4.78 is 6.51. The minimum Gasteiger partial charge on any atom is -0.508 e. The molecule has 1 aromatic carbocycles. The van der Waals surface area contributed by atoms with Crippen LogP contribution in [0.4, 0.5) is 5.69 Å². The van der Waals surface area contributed by atoms with E-state index in [0.717, 1.165) is 22.8 Å². The number of aromatic hydroxyl groups is 1. The normalized spacial score (nSPS) is 50.0. The standard InChI is InChI=1S/C56H80N2O12S2/c1-30(2)31(3)44-46(70-44)54(68)14-7-10-34-20-39-40-22-42(62)53(23-43(63)51(67,29-60)27-49(39,53)4)48(66)72-71-26-36-9-6-8-35(25-59)56(36)47(65)58(28-50(56)15-12-33(24-57-5)45(50)64)37-18-32(19-38(61)21-37)11-16-52(34)41(54)13-17-55(40,52)69/h7,10,18-19,21-22,30-31,33-36,39,41,43-46,48,57,59-61,63-64,66-69H,6,8-9,11-17,20,23-29H2,1-5H3. The minimum atomic E-state index is -2.02. The Kier molecular flexibility index (Phi) is 12.8. The number of allylic oxidation sites excluding steroid dienone is 2. The average Bonchev–Trinajstić information content (AvgIpc) is 3.96. The maximum Gasteiger partial charge on any atom is 0.234 e. The van der Waals surface area contributed by atoms with Gasteiger partial charge in [0, 0.05) is 54.0 Å². The van der Waals surface area contributed by atoms with Crippen LogP contribution in [0, 0.1) is 74.4 Å². The van der Waals surface area contributed by atoms with Gasteiger partial charge in [-0.25, -0.2) is 0 Å². The van der Waals surface area contributed by atoms with Gasteiger partial charge < -0.3 is 60.9 Å². The van der Waals surface area contributed by atoms with Crippen LogP contribution < -0.4 is 10.2 Å². The smallest absolute Gasteiger partial charge is 0.234 e. The molecule has 7 fully saturated rings. The number of aliphatic hydroxyl groups excluding tert-OH is 5. The molecule has 7 aliphatic carbocycles. The van der Waals surface area contributed by atoms with Gasteiger partial charge >= 0.3 is 0 Å². The summed E-state index contributed by atoms with van der Waals surface area (Å²) in [7, 11) is 4.32. The maximum absolute atomic E-state index is 16.1. The number of epoxide rings is 1. The van der Waals surface area contributed by atoms with Crippen LogP contribution in [0.1, 0.15) is 110 Å². The molecule has 1 amide bonds. The number of phenolic OH excluding ortho intramolecular Hbond substituents is 1. The van der Waals surface area contributed by atoms with Gasteiger partial charge in [-0.2, -0.15) is 0 Å². The molecule has 20 atom stereocenters. The summed E-state index contributed by atoms with van der Waals surface area (Å²) >= 11 is 0. The van der Waals surface area contributed by atoms with Gasteiger partial charge in [-0.1, -0.05) is 67.9 Å². The van der Waals surface area contributed by atoms with Gasteiger partial charge in [-0.05, 0) is 160 Å². The van der Waals surface area contributed by atoms with Crippen molar-refractivity contribution in [1.82, 2.24) is 5.32 Å². The summed E-state index contributed by atoms with van der Waals surface area (Å²) in [6.45, 7) is 8.01. The number of amides is 1. The number of hydrogen-bond donors (Lipinski definition) is 10. The van der Waals surface area contributed by atoms with E-state index in [-0.39, 0.29) is 67.9 Å². The molecule has 0 aromatic heterocycles. The summed E-state index contributed by atoms with van der Waals surface area (Å²) in [6, 6.07) is 5.27. The first kappa shape index (κ1) is 52.0. The van der Waals surface area contributed by atoms with E-state index in [4.69, 9.17) is 4.74 Å². The predicted octanol–water partition coefficient (Wildman–Crippen LogP) is 4.65. The number of nitrogens with one attached hydrogen (secondary N) is 1. The lowest BCUT2D eigenvalue weighted by Crippen LogP contribution is -2.72. The van der Waals surface area contributed by atoms with Crippen LogP contribution >= 0.6 is 21.6 Å². The molecular weight excluding hydrogens is 957 g/mol. The molecule has 2 saturated heterocycles. The van der Waals surface area contributed by atoms with E-state index in [1.54, 1.807) is 23.1 Å². The zero-order chi connectivity index (χ0) is 51.3. The molecule has 5 saturated carbocycles. The topological polar surface area (TPSA) is 244 Å². The van der Waals surface area contributed by atoms with Crippen molar-refractivity contribution in [1.29, 1.82) is 0 Å². The number of benzene rings is 1. The highest BCUT2D eigenvalue weighted by molar-refractivity contribution is 8.76. The number of carbonyl (C=O) groups is 2. The van der Waals surface area contributed by atoms with Crippen LogP contribution in [0.15, 0.2) is 42.0 Å². The monoisotopic (exact) mass is 1040 g/mol. The number of ketones is 1. The van der Waals surface area contributed by atoms with Crippen molar-refractivity contribution in [2.24, 2.45) is 74.4 Å². The Labute approximate surface area is 432 Å². The molecule has 398 valence electrons. The molecule has 14 nitrogen and oxygen atoms in total. The lowest BCUT2D eigenvalue weighted by atomic mass is 9.38. The van der Waals surface area contributed by atoms with Crippen LogP contribution in [0.25, 0.3) is 0 Å². The van der Waals surface area contributed by atoms with Gasteiger partial charge in [0.05, 0.1) is 41.3 Å². The number of phenols is 1. The van der Waals surface area contributed by atoms with Gasteiger partial charge in [0.15, 0.2) is 5.78 Å². The molecule has 10 N–H and O–H groups in total. The molecule has 12 aliphatic rings. The van der Waals surface area contributed by atoms with Crippen LogP contribution in [0.2, 0.25) is 0 Å². The first-order valence-corrected chi connectivity index (χ1v) is 29.6. The van der Waals surface area contributed by atoms with Crippen molar-refractivity contribution in [3.8, 4) is 5.75 Å². The fourth-order valence-corrected chi connectivity index (χ4v) is 22.0. The van der Waals surface area contributed by atoms with Gasteiger partial charge in [0.1, 0.15) is 28.5 Å². The molecule has 5 aliphatic heterocycles. The second kappa shape index (κ2) is 17.7. The quantitative estimate of drug-likeness (QED) is 0.102. The molecule has 13 rings (SSSR count). The number of rotatable bonds is 7. The Morgan fingerprint density at radius 1 is 0.986 bits per heavy atom. The number of hydrogen-bond acceptors (Lipinski definition) is 15. The molecule has 0 radical (unpaired) electrons. The molecule has 8 bridgehead atoms. The lowest BCUT2D eigenvalue weighted by Gasteiger charge is -2.68. The van der Waals surface area contributed by atoms with E-state index in [2.05, 4.69) is 32.2 Å². The second-order valence-electron chi connectivity index (χ2n) is 25.5. The van der Waals surface area contributed by atoms with Crippen molar-refractivity contribution >= 4 is 39.0 Å². The summed E-state index contributed by atoms with van der Waals surface area (Å²) in [5.74, 6) is -2.44.